The normalized spacial score (nSPS) is 11.1. The number of hydrogen-bond donors (Lipinski definition) is 4. The second kappa shape index (κ2) is 14.5. The summed E-state index contributed by atoms with van der Waals surface area (Å²) in [6, 6.07) is 30.1. The van der Waals surface area contributed by atoms with Crippen LogP contribution >= 0.6 is 15.9 Å². The van der Waals surface area contributed by atoms with E-state index in [-0.39, 0.29) is 17.3 Å². The van der Waals surface area contributed by atoms with E-state index in [1.54, 1.807) is 11.6 Å². The van der Waals surface area contributed by atoms with Crippen molar-refractivity contribution < 1.29 is 22.4 Å². The highest BCUT2D eigenvalue weighted by Crippen LogP contribution is 2.23. The van der Waals surface area contributed by atoms with Gasteiger partial charge in [0.25, 0.3) is 27.7 Å². The molecule has 12 nitrogen and oxygen atoms in total. The van der Waals surface area contributed by atoms with Crippen molar-refractivity contribution in [3.63, 3.8) is 0 Å². The van der Waals surface area contributed by atoms with Crippen LogP contribution in [0.1, 0.15) is 11.6 Å². The molecule has 226 valence electrons. The van der Waals surface area contributed by atoms with Gasteiger partial charge in [0.2, 0.25) is 0 Å². The molecule has 1 heterocycles. The van der Waals surface area contributed by atoms with Crippen LogP contribution in [0, 0.1) is 13.8 Å². The molecule has 5 aromatic rings. The molecule has 0 saturated heterocycles. The second-order valence-electron chi connectivity index (χ2n) is 9.38. The Morgan fingerprint density at radius 1 is 0.864 bits per heavy atom. The number of azo groups is 1. The molecular weight excluding hydrogens is 648 g/mol. The van der Waals surface area contributed by atoms with Crippen molar-refractivity contribution in [1.29, 1.82) is 0 Å². The Bertz CT molecular complexity index is 1840. The summed E-state index contributed by atoms with van der Waals surface area (Å²) in [5.74, 6) is 6.99. The fraction of sp³-hybridized carbons (Fsp3) is 0.100. The molecule has 4 aromatic carbocycles. The number of aryl methyl sites for hydroxylation is 1. The summed E-state index contributed by atoms with van der Waals surface area (Å²) in [7, 11) is -4.20. The van der Waals surface area contributed by atoms with Crippen molar-refractivity contribution in [1.82, 2.24) is 9.78 Å². The zero-order valence-electron chi connectivity index (χ0n) is 23.8. The Morgan fingerprint density at radius 3 is 1.91 bits per heavy atom. The molecule has 14 heteroatoms. The summed E-state index contributed by atoms with van der Waals surface area (Å²) >= 11 is 3.34. The minimum Gasteiger partial charge on any atom is -0.356 e. The van der Waals surface area contributed by atoms with Gasteiger partial charge >= 0.3 is 0 Å². The maximum atomic E-state index is 11.9. The summed E-state index contributed by atoms with van der Waals surface area (Å²) in [4.78, 5) is 11.7. The standard InChI is InChI=1S/C18H15N3O3S.C12H14BrN5O/c22-25(23,24)18-12-10-17(11-13-18)21-20-16-8-6-15(7-9-16)19-14-4-2-1-3-5-14;1-8-16-17(9(2)18(8)14)7-12(19)15-11-5-3-10(13)4-6-11/h1-13,19H,(H,22,23,24);3-6H,7,14H2,1-2H3/p+1. The summed E-state index contributed by atoms with van der Waals surface area (Å²) in [5.41, 5.74) is 3.82. The monoisotopic (exact) mass is 677 g/mol. The van der Waals surface area contributed by atoms with Gasteiger partial charge in [0.05, 0.1) is 16.3 Å². The van der Waals surface area contributed by atoms with Gasteiger partial charge in [-0.1, -0.05) is 34.1 Å². The van der Waals surface area contributed by atoms with Crippen LogP contribution in [0.15, 0.2) is 123 Å². The average Bonchev–Trinajstić information content (AvgIpc) is 3.24. The molecule has 0 aliphatic rings. The van der Waals surface area contributed by atoms with Crippen molar-refractivity contribution >= 4 is 60.4 Å². The third kappa shape index (κ3) is 9.29. The van der Waals surface area contributed by atoms with Crippen LogP contribution in [0.5, 0.6) is 0 Å². The summed E-state index contributed by atoms with van der Waals surface area (Å²) in [6.07, 6.45) is 0. The largest absolute Gasteiger partial charge is 0.356 e. The van der Waals surface area contributed by atoms with E-state index in [4.69, 9.17) is 10.4 Å². The maximum absolute atomic E-state index is 11.9. The number of anilines is 3. The highest BCUT2D eigenvalue weighted by atomic mass is 79.9. The van der Waals surface area contributed by atoms with Crippen LogP contribution in [-0.4, -0.2) is 28.7 Å². The molecule has 5 N–H and O–H groups in total. The lowest BCUT2D eigenvalue weighted by Crippen LogP contribution is -2.48. The van der Waals surface area contributed by atoms with Gasteiger partial charge in [0.15, 0.2) is 6.54 Å². The average molecular weight is 679 g/mol. The van der Waals surface area contributed by atoms with Gasteiger partial charge in [-0.25, -0.2) is 0 Å². The van der Waals surface area contributed by atoms with E-state index in [2.05, 4.69) is 41.9 Å². The number of nitrogens with two attached hydrogens (primary N) is 1. The molecule has 0 spiro atoms. The Hall–Kier alpha value is -4.92. The molecule has 0 unspecified atom stereocenters. The number of carbonyl (C=O) groups is 1. The molecule has 0 fully saturated rings. The van der Waals surface area contributed by atoms with Crippen molar-refractivity contribution in [2.75, 3.05) is 16.5 Å². The Balaban J connectivity index is 0.000000209. The second-order valence-corrected chi connectivity index (χ2v) is 11.7. The number of hydrogen-bond acceptors (Lipinski definition) is 8. The molecule has 0 bridgehead atoms. The number of benzene rings is 4. The topological polar surface area (TPSA) is 168 Å². The van der Waals surface area contributed by atoms with Crippen LogP contribution in [-0.2, 0) is 21.5 Å². The van der Waals surface area contributed by atoms with Gasteiger partial charge in [-0.2, -0.15) is 18.6 Å². The molecule has 0 radical (unpaired) electrons. The number of amides is 1. The lowest BCUT2D eigenvalue weighted by molar-refractivity contribution is -0.652. The minimum absolute atomic E-state index is 0.132. The number of aromatic nitrogens is 3. The van der Waals surface area contributed by atoms with E-state index in [9.17, 15) is 13.2 Å². The van der Waals surface area contributed by atoms with Crippen molar-refractivity contribution in [2.45, 2.75) is 25.3 Å². The number of nitrogens with one attached hydrogen (secondary N) is 2. The van der Waals surface area contributed by atoms with Gasteiger partial charge in [0, 0.05) is 40.5 Å². The molecule has 0 saturated carbocycles. The molecule has 44 heavy (non-hydrogen) atoms. The van der Waals surface area contributed by atoms with Gasteiger partial charge in [-0.3, -0.25) is 15.2 Å². The third-order valence-corrected chi connectivity index (χ3v) is 7.50. The third-order valence-electron chi connectivity index (χ3n) is 6.10. The molecule has 5 rings (SSSR count). The number of carbonyl (C=O) groups excluding carboxylic acids is 1. The number of nitrogen functional groups attached to an aromatic ring is 1. The SMILES string of the molecule is Cc1nn(CC(=O)Nc2ccc(Br)cc2)c(C)[n+]1N.O=S(=O)(O)c1ccc(N=Nc2ccc(Nc3ccccc3)cc2)cc1. The quantitative estimate of drug-likeness (QED) is 0.0676. The summed E-state index contributed by atoms with van der Waals surface area (Å²) in [6.45, 7) is 3.73. The minimum atomic E-state index is -4.20. The smallest absolute Gasteiger partial charge is 0.295 e. The predicted molar refractivity (Wildman–Crippen MR) is 171 cm³/mol. The first-order valence-corrected chi connectivity index (χ1v) is 15.4. The Kier molecular flexibility index (Phi) is 10.6. The first-order chi connectivity index (χ1) is 21.0. The van der Waals surface area contributed by atoms with Crippen molar-refractivity contribution in [3.8, 4) is 0 Å². The highest BCUT2D eigenvalue weighted by molar-refractivity contribution is 9.10. The molecule has 0 aliphatic carbocycles. The number of rotatable bonds is 8. The number of para-hydroxylation sites is 1. The highest BCUT2D eigenvalue weighted by Gasteiger charge is 2.19. The van der Waals surface area contributed by atoms with Crippen LogP contribution in [0.4, 0.5) is 28.4 Å². The molecule has 0 atom stereocenters. The van der Waals surface area contributed by atoms with Gasteiger partial charge in [-0.05, 0) is 84.9 Å². The van der Waals surface area contributed by atoms with E-state index in [0.717, 1.165) is 27.4 Å². The van der Waals surface area contributed by atoms with Gasteiger partial charge < -0.3 is 10.6 Å². The van der Waals surface area contributed by atoms with Crippen LogP contribution in [0.3, 0.4) is 0 Å². The first-order valence-electron chi connectivity index (χ1n) is 13.2. The van der Waals surface area contributed by atoms with Crippen molar-refractivity contribution in [3.05, 3.63) is 119 Å². The maximum Gasteiger partial charge on any atom is 0.295 e. The van der Waals surface area contributed by atoms with E-state index >= 15 is 0 Å². The fourth-order valence-corrected chi connectivity index (χ4v) is 4.52. The van der Waals surface area contributed by atoms with Crippen molar-refractivity contribution in [2.24, 2.45) is 10.2 Å². The first kappa shape index (κ1) is 32.0. The number of nitrogens with zero attached hydrogens (tertiary/aromatic N) is 5. The van der Waals surface area contributed by atoms with Crippen LogP contribution < -0.4 is 21.2 Å². The zero-order chi connectivity index (χ0) is 31.7. The Labute approximate surface area is 263 Å². The van der Waals surface area contributed by atoms with Crippen LogP contribution in [0.2, 0.25) is 0 Å². The van der Waals surface area contributed by atoms with E-state index in [1.165, 1.54) is 28.9 Å². The lowest BCUT2D eigenvalue weighted by Gasteiger charge is -2.05. The van der Waals surface area contributed by atoms with E-state index in [0.29, 0.717) is 17.2 Å². The zero-order valence-corrected chi connectivity index (χ0v) is 26.2. The lowest BCUT2D eigenvalue weighted by atomic mass is 10.2. The predicted octanol–water partition coefficient (Wildman–Crippen LogP) is 5.99. The summed E-state index contributed by atoms with van der Waals surface area (Å²) < 4.78 is 34.9. The summed E-state index contributed by atoms with van der Waals surface area (Å²) in [5, 5.41) is 18.4. The fourth-order valence-electron chi connectivity index (χ4n) is 3.77. The molecule has 0 aliphatic heterocycles. The molecule has 1 aromatic heterocycles. The molecular formula is C30H30BrN8O4S+. The van der Waals surface area contributed by atoms with E-state index < -0.39 is 10.1 Å². The van der Waals surface area contributed by atoms with Gasteiger partial charge in [-0.15, -0.1) is 9.36 Å². The number of halogens is 1. The Morgan fingerprint density at radius 2 is 1.39 bits per heavy atom. The molecule has 1 amide bonds. The van der Waals surface area contributed by atoms with Crippen LogP contribution in [0.25, 0.3) is 0 Å². The van der Waals surface area contributed by atoms with E-state index in [1.807, 2.05) is 85.8 Å². The van der Waals surface area contributed by atoms with Gasteiger partial charge in [0.1, 0.15) is 0 Å².